The highest BCUT2D eigenvalue weighted by molar-refractivity contribution is 7.10. The Morgan fingerprint density at radius 3 is 2.67 bits per heavy atom. The molecule has 1 unspecified atom stereocenters. The molecule has 0 aliphatic carbocycles. The molecule has 0 amide bonds. The van der Waals surface area contributed by atoms with E-state index in [4.69, 9.17) is 0 Å². The molecule has 2 heterocycles. The third kappa shape index (κ3) is 2.65. The molecule has 3 nitrogen and oxygen atoms in total. The molecule has 1 atom stereocenters. The molecule has 4 heteroatoms. The minimum absolute atomic E-state index is 0.268. The van der Waals surface area contributed by atoms with Crippen LogP contribution in [0.5, 0.6) is 0 Å². The van der Waals surface area contributed by atoms with Gasteiger partial charge in [-0.2, -0.15) is 5.10 Å². The Hall–Kier alpha value is -1.13. The highest BCUT2D eigenvalue weighted by Gasteiger charge is 2.20. The van der Waals surface area contributed by atoms with Crippen LogP contribution in [0.3, 0.4) is 0 Å². The lowest BCUT2D eigenvalue weighted by atomic mass is 10.00. The molecule has 0 aromatic carbocycles. The maximum atomic E-state index is 4.46. The fourth-order valence-corrected chi connectivity index (χ4v) is 3.01. The first-order chi connectivity index (χ1) is 8.63. The van der Waals surface area contributed by atoms with Crippen molar-refractivity contribution in [2.75, 3.05) is 6.54 Å². The Balaban J connectivity index is 2.37. The summed E-state index contributed by atoms with van der Waals surface area (Å²) in [4.78, 5) is 1.38. The van der Waals surface area contributed by atoms with Gasteiger partial charge in [-0.25, -0.2) is 0 Å². The molecule has 1 N–H and O–H groups in total. The van der Waals surface area contributed by atoms with Crippen molar-refractivity contribution < 1.29 is 0 Å². The van der Waals surface area contributed by atoms with Gasteiger partial charge in [0.1, 0.15) is 0 Å². The zero-order valence-electron chi connectivity index (χ0n) is 11.5. The lowest BCUT2D eigenvalue weighted by molar-refractivity contribution is 0.595. The second-order valence-corrected chi connectivity index (χ2v) is 5.78. The monoisotopic (exact) mass is 263 g/mol. The summed E-state index contributed by atoms with van der Waals surface area (Å²) in [5, 5.41) is 10.3. The van der Waals surface area contributed by atoms with Crippen LogP contribution in [0.2, 0.25) is 0 Å². The van der Waals surface area contributed by atoms with E-state index < -0.39 is 0 Å². The van der Waals surface area contributed by atoms with Crippen LogP contribution in [0.1, 0.15) is 41.1 Å². The van der Waals surface area contributed by atoms with Gasteiger partial charge in [0.05, 0.1) is 11.7 Å². The van der Waals surface area contributed by atoms with Crippen LogP contribution in [0.15, 0.2) is 17.6 Å². The quantitative estimate of drug-likeness (QED) is 0.898. The van der Waals surface area contributed by atoms with Crippen LogP contribution in [-0.4, -0.2) is 16.3 Å². The normalized spacial score (nSPS) is 12.9. The summed E-state index contributed by atoms with van der Waals surface area (Å²) in [5.74, 6) is 0. The minimum Gasteiger partial charge on any atom is -0.306 e. The van der Waals surface area contributed by atoms with E-state index in [0.717, 1.165) is 18.7 Å². The van der Waals surface area contributed by atoms with E-state index >= 15 is 0 Å². The van der Waals surface area contributed by atoms with Gasteiger partial charge in [-0.1, -0.05) is 6.92 Å². The zero-order valence-corrected chi connectivity index (χ0v) is 12.3. The molecule has 0 aliphatic rings. The number of aromatic nitrogens is 2. The van der Waals surface area contributed by atoms with E-state index in [1.54, 1.807) is 11.3 Å². The highest BCUT2D eigenvalue weighted by Crippen LogP contribution is 2.29. The Bertz CT molecular complexity index is 513. The van der Waals surface area contributed by atoms with E-state index in [1.807, 2.05) is 11.7 Å². The smallest absolute Gasteiger partial charge is 0.0644 e. The maximum absolute atomic E-state index is 4.46. The molecule has 18 heavy (non-hydrogen) atoms. The second kappa shape index (κ2) is 5.67. The van der Waals surface area contributed by atoms with E-state index in [2.05, 4.69) is 48.8 Å². The molecule has 0 saturated heterocycles. The predicted octanol–water partition coefficient (Wildman–Crippen LogP) is 3.19. The molecule has 2 aromatic heterocycles. The second-order valence-electron chi connectivity index (χ2n) is 4.66. The molecule has 2 aromatic rings. The number of rotatable bonds is 5. The van der Waals surface area contributed by atoms with Gasteiger partial charge in [0.15, 0.2) is 0 Å². The minimum atomic E-state index is 0.268. The largest absolute Gasteiger partial charge is 0.306 e. The lowest BCUT2D eigenvalue weighted by Crippen LogP contribution is -2.23. The van der Waals surface area contributed by atoms with Crippen molar-refractivity contribution >= 4 is 11.3 Å². The number of aryl methyl sites for hydroxylation is 3. The van der Waals surface area contributed by atoms with Gasteiger partial charge in [0, 0.05) is 23.7 Å². The van der Waals surface area contributed by atoms with E-state index in [1.165, 1.54) is 16.0 Å². The third-order valence-corrected chi connectivity index (χ3v) is 4.03. The molecule has 0 fully saturated rings. The van der Waals surface area contributed by atoms with Crippen LogP contribution in [-0.2, 0) is 7.05 Å². The number of nitrogens with one attached hydrogen (secondary N) is 1. The van der Waals surface area contributed by atoms with Crippen LogP contribution in [0.4, 0.5) is 0 Å². The molecule has 0 bridgehead atoms. The number of nitrogens with zero attached hydrogens (tertiary/aromatic N) is 2. The Labute approximate surface area is 113 Å². The van der Waals surface area contributed by atoms with Gasteiger partial charge in [-0.3, -0.25) is 4.68 Å². The predicted molar refractivity (Wildman–Crippen MR) is 77.1 cm³/mol. The Morgan fingerprint density at radius 2 is 2.17 bits per heavy atom. The van der Waals surface area contributed by atoms with Crippen LogP contribution >= 0.6 is 11.3 Å². The van der Waals surface area contributed by atoms with Gasteiger partial charge in [-0.05, 0) is 43.8 Å². The van der Waals surface area contributed by atoms with Crippen molar-refractivity contribution in [3.05, 3.63) is 39.3 Å². The summed E-state index contributed by atoms with van der Waals surface area (Å²) >= 11 is 1.81. The maximum Gasteiger partial charge on any atom is 0.0644 e. The molecular formula is C14H21N3S. The van der Waals surface area contributed by atoms with Gasteiger partial charge >= 0.3 is 0 Å². The van der Waals surface area contributed by atoms with E-state index in [9.17, 15) is 0 Å². The van der Waals surface area contributed by atoms with Crippen molar-refractivity contribution in [1.29, 1.82) is 0 Å². The van der Waals surface area contributed by atoms with Crippen LogP contribution in [0, 0.1) is 13.8 Å². The first-order valence-corrected chi connectivity index (χ1v) is 7.29. The van der Waals surface area contributed by atoms with Gasteiger partial charge in [-0.15, -0.1) is 11.3 Å². The number of thiophene rings is 1. The topological polar surface area (TPSA) is 29.9 Å². The van der Waals surface area contributed by atoms with E-state index in [-0.39, 0.29) is 6.04 Å². The molecule has 0 radical (unpaired) electrons. The molecule has 0 saturated carbocycles. The summed E-state index contributed by atoms with van der Waals surface area (Å²) in [5.41, 5.74) is 3.77. The average Bonchev–Trinajstić information content (AvgIpc) is 2.87. The first-order valence-electron chi connectivity index (χ1n) is 6.41. The number of hydrogen-bond acceptors (Lipinski definition) is 3. The molecule has 0 spiro atoms. The molecule has 0 aliphatic heterocycles. The van der Waals surface area contributed by atoms with E-state index in [0.29, 0.717) is 0 Å². The molecule has 2 rings (SSSR count). The van der Waals surface area contributed by atoms with Crippen LogP contribution in [0.25, 0.3) is 0 Å². The van der Waals surface area contributed by atoms with Crippen molar-refractivity contribution in [2.24, 2.45) is 7.05 Å². The summed E-state index contributed by atoms with van der Waals surface area (Å²) in [7, 11) is 1.98. The zero-order chi connectivity index (χ0) is 13.1. The van der Waals surface area contributed by atoms with Gasteiger partial charge < -0.3 is 5.32 Å². The summed E-state index contributed by atoms with van der Waals surface area (Å²) in [6, 6.07) is 2.49. The lowest BCUT2D eigenvalue weighted by Gasteiger charge is -2.18. The van der Waals surface area contributed by atoms with Crippen LogP contribution < -0.4 is 5.32 Å². The van der Waals surface area contributed by atoms with Gasteiger partial charge in [0.25, 0.3) is 0 Å². The molecule has 98 valence electrons. The van der Waals surface area contributed by atoms with Crippen molar-refractivity contribution in [3.63, 3.8) is 0 Å². The molecular weight excluding hydrogens is 242 g/mol. The SMILES string of the molecule is CCCNC(c1cn(C)nc1C)c1ccsc1C. The fourth-order valence-electron chi connectivity index (χ4n) is 2.27. The third-order valence-electron chi connectivity index (χ3n) is 3.17. The van der Waals surface area contributed by atoms with Gasteiger partial charge in [0.2, 0.25) is 0 Å². The fraction of sp³-hybridized carbons (Fsp3) is 0.500. The first kappa shape index (κ1) is 13.3. The summed E-state index contributed by atoms with van der Waals surface area (Å²) < 4.78 is 1.90. The Morgan fingerprint density at radius 1 is 1.39 bits per heavy atom. The van der Waals surface area contributed by atoms with Crippen molar-refractivity contribution in [2.45, 2.75) is 33.2 Å². The summed E-state index contributed by atoms with van der Waals surface area (Å²) in [6.45, 7) is 7.49. The summed E-state index contributed by atoms with van der Waals surface area (Å²) in [6.07, 6.45) is 3.26. The van der Waals surface area contributed by atoms with Crippen molar-refractivity contribution in [1.82, 2.24) is 15.1 Å². The average molecular weight is 263 g/mol. The highest BCUT2D eigenvalue weighted by atomic mass is 32.1. The van der Waals surface area contributed by atoms with Crippen molar-refractivity contribution in [3.8, 4) is 0 Å². The Kier molecular flexibility index (Phi) is 4.19. The number of hydrogen-bond donors (Lipinski definition) is 1. The standard InChI is InChI=1S/C14H21N3S/c1-5-7-15-14(12-6-8-18-11(12)3)13-9-17(4)16-10(13)2/h6,8-9,14-15H,5,7H2,1-4H3.